The summed E-state index contributed by atoms with van der Waals surface area (Å²) < 4.78 is 129. The Bertz CT molecular complexity index is 221. The van der Waals surface area contributed by atoms with Gasteiger partial charge in [0.15, 0.2) is 0 Å². The average Bonchev–Trinajstić information content (AvgIpc) is 1.94. The Kier molecular flexibility index (Phi) is 121. The molecule has 0 saturated heterocycles. The molecule has 0 unspecified atom stereocenters. The van der Waals surface area contributed by atoms with Gasteiger partial charge in [0.1, 0.15) is 0 Å². The zero-order valence-electron chi connectivity index (χ0n) is 10.4. The van der Waals surface area contributed by atoms with Crippen LogP contribution in [0.3, 0.4) is 0 Å². The van der Waals surface area contributed by atoms with E-state index in [1.165, 1.54) is 0 Å². The summed E-state index contributed by atoms with van der Waals surface area (Å²) in [6, 6.07) is 0. The minimum Gasteiger partial charge on any atom is 5.00 e. The van der Waals surface area contributed by atoms with Gasteiger partial charge in [0, 0.05) is 52.4 Å². The van der Waals surface area contributed by atoms with Crippen molar-refractivity contribution < 1.29 is 184 Å². The van der Waals surface area contributed by atoms with E-state index >= 15 is 0 Å². The van der Waals surface area contributed by atoms with Crippen LogP contribution in [0.5, 0.6) is 0 Å². The summed E-state index contributed by atoms with van der Waals surface area (Å²) in [6.45, 7) is 0. The molecule has 0 aliphatic heterocycles. The molecule has 0 bridgehead atoms. The third kappa shape index (κ3) is 708. The van der Waals surface area contributed by atoms with Crippen LogP contribution in [0.15, 0.2) is 0 Å². The van der Waals surface area contributed by atoms with Gasteiger partial charge < -0.3 is 0 Å². The molecule has 6 radical (unpaired) electrons. The van der Waals surface area contributed by atoms with Crippen LogP contribution in [-0.2, 0) is 147 Å². The van der Waals surface area contributed by atoms with Crippen LogP contribution in [0.25, 0.3) is 0 Å². The van der Waals surface area contributed by atoms with Crippen LogP contribution >= 0.6 is 0 Å². The first-order valence-electron chi connectivity index (χ1n) is 3.06. The van der Waals surface area contributed by atoms with E-state index < -0.39 is 93.1 Å². The Morgan fingerprint density at radius 2 is 0.333 bits per heavy atom. The molecule has 24 heteroatoms. The molecule has 24 heavy (non-hydrogen) atoms. The topological polar surface area (TPSA) is 316 Å². The van der Waals surface area contributed by atoms with Gasteiger partial charge in [-0.1, -0.05) is 0 Å². The second kappa shape index (κ2) is 51.1. The van der Waals surface area contributed by atoms with Crippen molar-refractivity contribution in [1.82, 2.24) is 0 Å². The normalized spacial score (nSPS) is 5.42. The zero-order chi connectivity index (χ0) is 17.9. The Balaban J connectivity index is -0.0000000161. The monoisotopic (exact) mass is 1000 g/mol. The summed E-state index contributed by atoms with van der Waals surface area (Å²) in [6.07, 6.45) is 0. The van der Waals surface area contributed by atoms with E-state index in [9.17, 15) is 0 Å². The van der Waals surface area contributed by atoms with Crippen molar-refractivity contribution in [1.29, 1.82) is 0 Å². The average molecular weight is 999 g/mol. The number of hydrogen-bond donors (Lipinski definition) is 0. The molecule has 0 aromatic rings. The minimum atomic E-state index is -4.08. The first kappa shape index (κ1) is 56.9. The van der Waals surface area contributed by atoms with Crippen LogP contribution in [0.2, 0.25) is 0 Å². The Hall–Kier alpha value is 5.11. The van der Waals surface area contributed by atoms with E-state index in [1.54, 1.807) is 0 Å². The molecule has 0 rings (SSSR count). The first-order valence-corrected chi connectivity index (χ1v) is 12.6. The van der Waals surface area contributed by atoms with E-state index in [4.69, 9.17) is 53.5 Å². The van der Waals surface area contributed by atoms with Gasteiger partial charge in [-0.25, -0.2) is 0 Å². The summed E-state index contributed by atoms with van der Waals surface area (Å²) in [4.78, 5) is 0. The van der Waals surface area contributed by atoms with Gasteiger partial charge in [-0.05, 0) is 0 Å². The van der Waals surface area contributed by atoms with Crippen molar-refractivity contribution in [3.05, 3.63) is 0 Å². The van der Waals surface area contributed by atoms with Gasteiger partial charge in [0.05, 0.1) is 0 Å². The Labute approximate surface area is 231 Å². The summed E-state index contributed by atoms with van der Waals surface area (Å²) in [5.41, 5.74) is 0. The first-order chi connectivity index (χ1) is 8.66. The maximum absolute atomic E-state index is 8.58. The van der Waals surface area contributed by atoms with Crippen LogP contribution in [0, 0.1) is 0 Å². The molecule has 0 aromatic carbocycles. The molecule has 0 aromatic heterocycles. The summed E-state index contributed by atoms with van der Waals surface area (Å²) in [5.74, 6) is 0. The van der Waals surface area contributed by atoms with Crippen molar-refractivity contribution in [3.8, 4) is 0 Å². The van der Waals surface area contributed by atoms with Crippen molar-refractivity contribution in [2.24, 2.45) is 0 Å². The maximum Gasteiger partial charge on any atom is 5.00 e. The molecule has 0 amide bonds. The van der Waals surface area contributed by atoms with E-state index in [2.05, 4.69) is 0 Å². The smallest absolute Gasteiger partial charge is 5.00 e. The summed E-state index contributed by atoms with van der Waals surface area (Å²) in [7, 11) is 0. The fourth-order valence-electron chi connectivity index (χ4n) is 0. The van der Waals surface area contributed by atoms with E-state index in [0.29, 0.717) is 0 Å². The van der Waals surface area contributed by atoms with Gasteiger partial charge in [0.2, 0.25) is 0 Å². The van der Waals surface area contributed by atoms with Crippen molar-refractivity contribution >= 4 is 52.4 Å². The molecule has 0 N–H and O–H groups in total. The third-order valence-corrected chi connectivity index (χ3v) is 0. The molecule has 0 atom stereocenters. The molecule has 15 nitrogen and oxygen atoms in total. The van der Waals surface area contributed by atoms with Crippen LogP contribution in [-0.4, -0.2) is 52.4 Å². The van der Waals surface area contributed by atoms with Gasteiger partial charge in [-0.2, -0.15) is 0 Å². The van der Waals surface area contributed by atoms with Gasteiger partial charge >= 0.3 is 184 Å². The summed E-state index contributed by atoms with van der Waals surface area (Å²) in [5, 5.41) is 0. The second-order valence-electron chi connectivity index (χ2n) is 1.25. The predicted molar refractivity (Wildman–Crippen MR) is 14.9 cm³/mol. The molecule has 0 fully saturated rings. The fourth-order valence-corrected chi connectivity index (χ4v) is 0. The zero-order valence-corrected chi connectivity index (χ0v) is 28.0. The van der Waals surface area contributed by atoms with Gasteiger partial charge in [-0.3, -0.25) is 0 Å². The number of rotatable bonds is 0. The Morgan fingerprint density at radius 1 is 0.333 bits per heavy atom. The molecule has 0 heterocycles. The SMILES string of the molecule is [Bi].[Bi].[O]=[Ti]([O-])[O-].[O]=[Ti]([O-])[O-].[O]=[Ti]([O-])[O-].[O]=[Ti]([O-])[O-].[O]=[Ti]([O-])[O-].[V+5].[V+5]. The molecule has 130 valence electrons. The van der Waals surface area contributed by atoms with Crippen molar-refractivity contribution in [2.75, 3.05) is 0 Å². The maximum atomic E-state index is 8.58. The quantitative estimate of drug-likeness (QED) is 0.204. The van der Waals surface area contributed by atoms with E-state index in [1.807, 2.05) is 0 Å². The standard InChI is InChI=1S/2Bi.15O.5Ti.2V/q;;;;;;;10*-1;;;;;;2*+5. The second-order valence-corrected chi connectivity index (χ2v) is 5.15. The van der Waals surface area contributed by atoms with Crippen LogP contribution < -0.4 is 36.9 Å². The Morgan fingerprint density at radius 3 is 0.333 bits per heavy atom. The van der Waals surface area contributed by atoms with Crippen LogP contribution in [0.1, 0.15) is 0 Å². The van der Waals surface area contributed by atoms with Gasteiger partial charge in [0.25, 0.3) is 0 Å². The van der Waals surface area contributed by atoms with E-state index in [-0.39, 0.29) is 89.5 Å². The minimum absolute atomic E-state index is 0. The predicted octanol–water partition coefficient (Wildman–Crippen LogP) is -13.3. The molecule has 0 aliphatic carbocycles. The van der Waals surface area contributed by atoms with Crippen LogP contribution in [0.4, 0.5) is 0 Å². The fraction of sp³-hybridized carbons (Fsp3) is 0. The van der Waals surface area contributed by atoms with Crippen molar-refractivity contribution in [3.63, 3.8) is 0 Å². The molecule has 0 saturated carbocycles. The van der Waals surface area contributed by atoms with Crippen molar-refractivity contribution in [2.45, 2.75) is 0 Å². The molecule has 0 aliphatic rings. The molecular weight excluding hydrogens is 999 g/mol. The molecule has 0 spiro atoms. The largest absolute Gasteiger partial charge is 5.00 e. The summed E-state index contributed by atoms with van der Waals surface area (Å²) >= 11 is -20.4. The van der Waals surface area contributed by atoms with Gasteiger partial charge in [-0.15, -0.1) is 0 Å². The third-order valence-electron chi connectivity index (χ3n) is 0. The van der Waals surface area contributed by atoms with E-state index in [0.717, 1.165) is 0 Å². The molecular formula is Bi2O15Ti5V2. The number of hydrogen-bond acceptors (Lipinski definition) is 15.